The number of rotatable bonds is 7. The maximum absolute atomic E-state index is 11.6. The molecule has 0 saturated carbocycles. The highest BCUT2D eigenvalue weighted by Gasteiger charge is 2.22. The number of anilines is 1. The molecule has 0 aliphatic carbocycles. The van der Waals surface area contributed by atoms with Gasteiger partial charge < -0.3 is 10.1 Å². The molecule has 128 valence electrons. The van der Waals surface area contributed by atoms with Gasteiger partial charge in [0.2, 0.25) is 5.91 Å². The molecule has 1 amide bonds. The lowest BCUT2D eigenvalue weighted by atomic mass is 10.2. The molecule has 1 atom stereocenters. The zero-order valence-corrected chi connectivity index (χ0v) is 15.5. The first kappa shape index (κ1) is 18.2. The minimum atomic E-state index is -0.503. The Balaban J connectivity index is 2.17. The van der Waals surface area contributed by atoms with Crippen LogP contribution in [0.1, 0.15) is 31.7 Å². The fourth-order valence-corrected chi connectivity index (χ4v) is 5.13. The minimum Gasteiger partial charge on any atom is -0.385 e. The van der Waals surface area contributed by atoms with Gasteiger partial charge >= 0.3 is 0 Å². The van der Waals surface area contributed by atoms with Gasteiger partial charge in [0.05, 0.1) is 15.8 Å². The molecular formula is C16H24ClN3O2S. The summed E-state index contributed by atoms with van der Waals surface area (Å²) < 4.78 is 5.12. The zero-order valence-electron chi connectivity index (χ0n) is 13.9. The maximum atomic E-state index is 11.6. The van der Waals surface area contributed by atoms with E-state index in [1.54, 1.807) is 7.11 Å². The van der Waals surface area contributed by atoms with Crippen LogP contribution in [0.5, 0.6) is 0 Å². The topological polar surface area (TPSA) is 63.6 Å². The third kappa shape index (κ3) is 4.68. The molecule has 2 rings (SSSR count). The van der Waals surface area contributed by atoms with Gasteiger partial charge in [-0.1, -0.05) is 18.5 Å². The fraction of sp³-hybridized carbons (Fsp3) is 0.562. The van der Waals surface area contributed by atoms with E-state index in [4.69, 9.17) is 16.3 Å². The number of aromatic nitrogens is 1. The standard InChI is InChI=1S/C16H24ClN3O2S/c1-4-12(21)19-15-11(2)10-14(20-16(15)17)23-9-7-18-13(23)6-5-8-22-3/h10,23H,4-9H2,1-3H3,(H,19,21). The number of amides is 1. The molecule has 0 fully saturated rings. The van der Waals surface area contributed by atoms with Crippen LogP contribution >= 0.6 is 22.5 Å². The lowest BCUT2D eigenvalue weighted by Gasteiger charge is -2.19. The summed E-state index contributed by atoms with van der Waals surface area (Å²) in [5.74, 6) is 0.971. The van der Waals surface area contributed by atoms with E-state index in [-0.39, 0.29) is 5.91 Å². The Labute approximate surface area is 145 Å². The summed E-state index contributed by atoms with van der Waals surface area (Å²) >= 11 is 6.31. The molecule has 0 spiro atoms. The molecule has 1 aliphatic heterocycles. The van der Waals surface area contributed by atoms with Crippen LogP contribution in [0.3, 0.4) is 0 Å². The van der Waals surface area contributed by atoms with E-state index in [0.717, 1.165) is 42.3 Å². The second kappa shape index (κ2) is 8.66. The van der Waals surface area contributed by atoms with E-state index in [1.165, 1.54) is 5.04 Å². The summed E-state index contributed by atoms with van der Waals surface area (Å²) in [7, 11) is 1.21. The normalized spacial score (nSPS) is 18.8. The van der Waals surface area contributed by atoms with Gasteiger partial charge in [0.1, 0.15) is 0 Å². The number of nitrogens with zero attached hydrogens (tertiary/aromatic N) is 2. The van der Waals surface area contributed by atoms with Gasteiger partial charge in [-0.15, -0.1) is 0 Å². The molecule has 1 unspecified atom stereocenters. The number of carbonyl (C=O) groups excluding carboxylic acids is 1. The summed E-state index contributed by atoms with van der Waals surface area (Å²) in [6.07, 6.45) is 2.35. The van der Waals surface area contributed by atoms with Crippen molar-refractivity contribution in [2.24, 2.45) is 4.99 Å². The number of thiol groups is 1. The molecular weight excluding hydrogens is 334 g/mol. The quantitative estimate of drug-likeness (QED) is 0.445. The van der Waals surface area contributed by atoms with Crippen LogP contribution in [0, 0.1) is 6.92 Å². The number of halogens is 1. The van der Waals surface area contributed by atoms with E-state index in [9.17, 15) is 4.79 Å². The van der Waals surface area contributed by atoms with Crippen molar-refractivity contribution < 1.29 is 9.53 Å². The summed E-state index contributed by atoms with van der Waals surface area (Å²) in [5.41, 5.74) is 1.57. The van der Waals surface area contributed by atoms with Crippen LogP contribution in [0.15, 0.2) is 16.1 Å². The molecule has 5 nitrogen and oxygen atoms in total. The van der Waals surface area contributed by atoms with Crippen molar-refractivity contribution in [3.63, 3.8) is 0 Å². The number of ether oxygens (including phenoxy) is 1. The molecule has 23 heavy (non-hydrogen) atoms. The molecule has 7 heteroatoms. The highest BCUT2D eigenvalue weighted by atomic mass is 35.5. The first-order valence-corrected chi connectivity index (χ1v) is 9.74. The van der Waals surface area contributed by atoms with Crippen molar-refractivity contribution in [3.05, 3.63) is 16.8 Å². The third-order valence-corrected chi connectivity index (χ3v) is 6.39. The van der Waals surface area contributed by atoms with E-state index < -0.39 is 10.9 Å². The predicted molar refractivity (Wildman–Crippen MR) is 98.4 cm³/mol. The Hall–Kier alpha value is -1.11. The third-order valence-electron chi connectivity index (χ3n) is 3.70. The minimum absolute atomic E-state index is 0.0575. The van der Waals surface area contributed by atoms with Crippen molar-refractivity contribution in [1.82, 2.24) is 4.98 Å². The Morgan fingerprint density at radius 3 is 2.96 bits per heavy atom. The SMILES string of the molecule is CCC(=O)Nc1c(C)cc([SH]2CCN=C2CCCOC)nc1Cl. The Kier molecular flexibility index (Phi) is 6.87. The van der Waals surface area contributed by atoms with Crippen LogP contribution in [0.2, 0.25) is 5.15 Å². The molecule has 1 N–H and O–H groups in total. The van der Waals surface area contributed by atoms with Gasteiger partial charge in [0, 0.05) is 32.4 Å². The lowest BCUT2D eigenvalue weighted by Crippen LogP contribution is -2.12. The average Bonchev–Trinajstić information content (AvgIpc) is 2.99. The van der Waals surface area contributed by atoms with Gasteiger partial charge in [-0.2, -0.15) is 10.9 Å². The number of pyridine rings is 1. The molecule has 0 bridgehead atoms. The van der Waals surface area contributed by atoms with E-state index in [0.29, 0.717) is 17.3 Å². The summed E-state index contributed by atoms with van der Waals surface area (Å²) in [4.78, 5) is 20.8. The van der Waals surface area contributed by atoms with Crippen LogP contribution in [0.25, 0.3) is 0 Å². The van der Waals surface area contributed by atoms with Crippen molar-refractivity contribution >= 4 is 39.1 Å². The second-order valence-electron chi connectivity index (χ2n) is 5.41. The van der Waals surface area contributed by atoms with Gasteiger partial charge in [-0.25, -0.2) is 4.98 Å². The van der Waals surface area contributed by atoms with Gasteiger partial charge in [-0.3, -0.25) is 9.79 Å². The Morgan fingerprint density at radius 1 is 1.52 bits per heavy atom. The van der Waals surface area contributed by atoms with Crippen molar-refractivity contribution in [2.45, 2.75) is 38.1 Å². The molecule has 0 radical (unpaired) electrons. The van der Waals surface area contributed by atoms with Crippen LogP contribution in [-0.4, -0.2) is 41.9 Å². The Morgan fingerprint density at radius 2 is 2.30 bits per heavy atom. The van der Waals surface area contributed by atoms with Crippen LogP contribution < -0.4 is 5.32 Å². The van der Waals surface area contributed by atoms with Crippen molar-refractivity contribution in [2.75, 3.05) is 31.3 Å². The molecule has 0 aromatic carbocycles. The van der Waals surface area contributed by atoms with Crippen LogP contribution in [-0.2, 0) is 9.53 Å². The van der Waals surface area contributed by atoms with E-state index in [2.05, 4.69) is 15.3 Å². The van der Waals surface area contributed by atoms with Gasteiger partial charge in [-0.05, 0) is 31.4 Å². The molecule has 1 aromatic rings. The second-order valence-corrected chi connectivity index (χ2v) is 8.05. The number of hydrogen-bond acceptors (Lipinski definition) is 4. The number of methoxy groups -OCH3 is 1. The summed E-state index contributed by atoms with van der Waals surface area (Å²) in [6.45, 7) is 5.37. The lowest BCUT2D eigenvalue weighted by molar-refractivity contribution is -0.115. The highest BCUT2D eigenvalue weighted by molar-refractivity contribution is 8.30. The Bertz CT molecular complexity index is 584. The number of aliphatic imine (C=N–C) groups is 1. The monoisotopic (exact) mass is 357 g/mol. The predicted octanol–water partition coefficient (Wildman–Crippen LogP) is 3.59. The van der Waals surface area contributed by atoms with Gasteiger partial charge in [0.15, 0.2) is 5.15 Å². The van der Waals surface area contributed by atoms with Gasteiger partial charge in [0.25, 0.3) is 0 Å². The average molecular weight is 358 g/mol. The number of carbonyl (C=O) groups is 1. The number of aryl methyl sites for hydroxylation is 1. The fourth-order valence-electron chi connectivity index (χ4n) is 2.46. The highest BCUT2D eigenvalue weighted by Crippen LogP contribution is 2.43. The van der Waals surface area contributed by atoms with Crippen molar-refractivity contribution in [1.29, 1.82) is 0 Å². The summed E-state index contributed by atoms with van der Waals surface area (Å²) in [5, 5.41) is 5.44. The molecule has 1 aromatic heterocycles. The first-order valence-electron chi connectivity index (χ1n) is 7.83. The van der Waals surface area contributed by atoms with E-state index >= 15 is 0 Å². The molecule has 0 saturated heterocycles. The van der Waals surface area contributed by atoms with Crippen LogP contribution in [0.4, 0.5) is 5.69 Å². The molecule has 2 heterocycles. The summed E-state index contributed by atoms with van der Waals surface area (Å²) in [6, 6.07) is 2.04. The number of hydrogen-bond donors (Lipinski definition) is 2. The largest absolute Gasteiger partial charge is 0.385 e. The zero-order chi connectivity index (χ0) is 16.8. The number of nitrogens with one attached hydrogen (secondary N) is 1. The smallest absolute Gasteiger partial charge is 0.224 e. The maximum Gasteiger partial charge on any atom is 0.224 e. The molecule has 1 aliphatic rings. The van der Waals surface area contributed by atoms with Crippen molar-refractivity contribution in [3.8, 4) is 0 Å². The first-order chi connectivity index (χ1) is 11.1. The van der Waals surface area contributed by atoms with E-state index in [1.807, 2.05) is 19.9 Å².